The van der Waals surface area contributed by atoms with E-state index in [0.29, 0.717) is 5.69 Å². The number of fused-ring (bicyclic) bond motifs is 3. The predicted molar refractivity (Wildman–Crippen MR) is 99.3 cm³/mol. The number of nitrogens with one attached hydrogen (secondary N) is 2. The number of rotatable bonds is 7. The van der Waals surface area contributed by atoms with Crippen LogP contribution in [0.15, 0.2) is 18.2 Å². The zero-order chi connectivity index (χ0) is 17.8. The number of benzene rings is 1. The molecule has 0 saturated heterocycles. The first-order valence-corrected chi connectivity index (χ1v) is 9.72. The number of aliphatic hydroxyl groups is 1. The number of hydrogen-bond acceptors (Lipinski definition) is 5. The minimum atomic E-state index is -0.237. The third-order valence-corrected chi connectivity index (χ3v) is 5.18. The Bertz CT molecular complexity index is 760. The molecule has 134 valence electrons. The van der Waals surface area contributed by atoms with Gasteiger partial charge in [0, 0.05) is 11.1 Å². The van der Waals surface area contributed by atoms with Crippen molar-refractivity contribution >= 4 is 17.7 Å². The van der Waals surface area contributed by atoms with Gasteiger partial charge in [0.1, 0.15) is 11.4 Å². The van der Waals surface area contributed by atoms with Crippen molar-refractivity contribution in [2.45, 2.75) is 25.3 Å². The number of thioether (sulfide) groups is 1. The summed E-state index contributed by atoms with van der Waals surface area (Å²) in [6, 6.07) is 5.69. The molecule has 1 atom stereocenters. The Labute approximate surface area is 151 Å². The van der Waals surface area contributed by atoms with E-state index in [0.717, 1.165) is 47.6 Å². The third-order valence-electron chi connectivity index (χ3n) is 4.53. The van der Waals surface area contributed by atoms with E-state index in [2.05, 4.69) is 15.5 Å². The Morgan fingerprint density at radius 2 is 2.32 bits per heavy atom. The van der Waals surface area contributed by atoms with E-state index in [1.807, 2.05) is 24.5 Å². The maximum absolute atomic E-state index is 12.6. The van der Waals surface area contributed by atoms with Crippen molar-refractivity contribution in [3.63, 3.8) is 0 Å². The van der Waals surface area contributed by atoms with Gasteiger partial charge in [0.15, 0.2) is 0 Å². The lowest BCUT2D eigenvalue weighted by molar-refractivity contribution is 0.0909. The lowest BCUT2D eigenvalue weighted by Gasteiger charge is -2.18. The molecule has 1 heterocycles. The number of aliphatic hydroxyl groups excluding tert-OH is 1. The number of amides is 1. The van der Waals surface area contributed by atoms with Crippen LogP contribution in [0.25, 0.3) is 11.3 Å². The second kappa shape index (κ2) is 7.93. The number of ether oxygens (including phenoxy) is 1. The molecule has 1 amide bonds. The van der Waals surface area contributed by atoms with Gasteiger partial charge in [-0.2, -0.15) is 16.9 Å². The van der Waals surface area contributed by atoms with Crippen molar-refractivity contribution in [2.75, 3.05) is 25.7 Å². The molecule has 0 fully saturated rings. The first kappa shape index (κ1) is 17.8. The summed E-state index contributed by atoms with van der Waals surface area (Å²) in [5.74, 6) is 1.52. The molecule has 0 bridgehead atoms. The molecule has 1 aromatic heterocycles. The first-order valence-electron chi connectivity index (χ1n) is 8.33. The highest BCUT2D eigenvalue weighted by atomic mass is 32.2. The zero-order valence-electron chi connectivity index (χ0n) is 14.5. The summed E-state index contributed by atoms with van der Waals surface area (Å²) in [4.78, 5) is 12.6. The van der Waals surface area contributed by atoms with Crippen LogP contribution in [0.2, 0.25) is 0 Å². The lowest BCUT2D eigenvalue weighted by Crippen LogP contribution is -2.38. The van der Waals surface area contributed by atoms with Crippen LogP contribution in [0.1, 0.15) is 28.0 Å². The fraction of sp³-hybridized carbons (Fsp3) is 0.444. The van der Waals surface area contributed by atoms with E-state index in [1.165, 1.54) is 5.56 Å². The Morgan fingerprint density at radius 1 is 1.48 bits per heavy atom. The lowest BCUT2D eigenvalue weighted by atomic mass is 9.88. The molecule has 0 unspecified atom stereocenters. The SMILES string of the molecule is COc1ccc2c(c1)CCc1c-2n[nH]c1C(=O)N[C@H](CO)CCSC. The summed E-state index contributed by atoms with van der Waals surface area (Å²) >= 11 is 1.70. The molecular weight excluding hydrogens is 338 g/mol. The molecule has 1 aromatic carbocycles. The summed E-state index contributed by atoms with van der Waals surface area (Å²) in [7, 11) is 1.65. The minimum Gasteiger partial charge on any atom is -0.497 e. The highest BCUT2D eigenvalue weighted by Crippen LogP contribution is 2.35. The molecule has 7 heteroatoms. The predicted octanol–water partition coefficient (Wildman–Crippen LogP) is 2.03. The van der Waals surface area contributed by atoms with E-state index in [9.17, 15) is 9.90 Å². The second-order valence-electron chi connectivity index (χ2n) is 6.08. The third kappa shape index (κ3) is 3.67. The molecule has 1 aliphatic carbocycles. The zero-order valence-corrected chi connectivity index (χ0v) is 15.3. The maximum Gasteiger partial charge on any atom is 0.269 e. The van der Waals surface area contributed by atoms with Crippen molar-refractivity contribution in [2.24, 2.45) is 0 Å². The minimum absolute atomic E-state index is 0.0642. The molecule has 0 saturated carbocycles. The fourth-order valence-corrected chi connectivity index (χ4v) is 3.66. The van der Waals surface area contributed by atoms with Crippen LogP contribution in [-0.4, -0.2) is 53.0 Å². The monoisotopic (exact) mass is 361 g/mol. The van der Waals surface area contributed by atoms with Crippen molar-refractivity contribution in [1.82, 2.24) is 15.5 Å². The number of aromatic amines is 1. The Kier molecular flexibility index (Phi) is 5.65. The van der Waals surface area contributed by atoms with E-state index in [1.54, 1.807) is 18.9 Å². The van der Waals surface area contributed by atoms with E-state index in [-0.39, 0.29) is 18.6 Å². The molecule has 2 aromatic rings. The quantitative estimate of drug-likeness (QED) is 0.702. The van der Waals surface area contributed by atoms with Crippen LogP contribution >= 0.6 is 11.8 Å². The number of carbonyl (C=O) groups excluding carboxylic acids is 1. The number of carbonyl (C=O) groups is 1. The van der Waals surface area contributed by atoms with Gasteiger partial charge >= 0.3 is 0 Å². The highest BCUT2D eigenvalue weighted by molar-refractivity contribution is 7.98. The average Bonchev–Trinajstić information content (AvgIpc) is 3.08. The molecular formula is C18H23N3O3S. The number of H-pyrrole nitrogens is 1. The second-order valence-corrected chi connectivity index (χ2v) is 7.07. The van der Waals surface area contributed by atoms with Crippen LogP contribution in [0, 0.1) is 0 Å². The Morgan fingerprint density at radius 3 is 3.04 bits per heavy atom. The maximum atomic E-state index is 12.6. The van der Waals surface area contributed by atoms with Gasteiger partial charge in [-0.05, 0) is 55.0 Å². The normalized spacial score (nSPS) is 13.7. The van der Waals surface area contributed by atoms with Crippen molar-refractivity contribution < 1.29 is 14.6 Å². The summed E-state index contributed by atoms with van der Waals surface area (Å²) in [6.07, 6.45) is 4.34. The van der Waals surface area contributed by atoms with Crippen LogP contribution < -0.4 is 10.1 Å². The molecule has 3 rings (SSSR count). The van der Waals surface area contributed by atoms with E-state index >= 15 is 0 Å². The summed E-state index contributed by atoms with van der Waals surface area (Å²) in [6.45, 7) is -0.0642. The molecule has 1 aliphatic rings. The van der Waals surface area contributed by atoms with E-state index < -0.39 is 0 Å². The molecule has 3 N–H and O–H groups in total. The van der Waals surface area contributed by atoms with Crippen molar-refractivity contribution in [1.29, 1.82) is 0 Å². The summed E-state index contributed by atoms with van der Waals surface area (Å²) in [5.41, 5.74) is 4.49. The number of hydrogen-bond donors (Lipinski definition) is 3. The van der Waals surface area contributed by atoms with Gasteiger partial charge in [0.25, 0.3) is 5.91 Å². The van der Waals surface area contributed by atoms with E-state index in [4.69, 9.17) is 4.74 Å². The largest absolute Gasteiger partial charge is 0.497 e. The fourth-order valence-electron chi connectivity index (χ4n) is 3.14. The molecule has 0 spiro atoms. The van der Waals surface area contributed by atoms with Gasteiger partial charge in [0.05, 0.1) is 25.5 Å². The molecule has 25 heavy (non-hydrogen) atoms. The van der Waals surface area contributed by atoms with Gasteiger partial charge in [0.2, 0.25) is 0 Å². The molecule has 0 aliphatic heterocycles. The van der Waals surface area contributed by atoms with Gasteiger partial charge in [-0.25, -0.2) is 0 Å². The van der Waals surface area contributed by atoms with Crippen molar-refractivity contribution in [3.05, 3.63) is 35.0 Å². The number of aryl methyl sites for hydroxylation is 1. The smallest absolute Gasteiger partial charge is 0.269 e. The highest BCUT2D eigenvalue weighted by Gasteiger charge is 2.26. The number of methoxy groups -OCH3 is 1. The van der Waals surface area contributed by atoms with Gasteiger partial charge < -0.3 is 15.2 Å². The van der Waals surface area contributed by atoms with Crippen molar-refractivity contribution in [3.8, 4) is 17.0 Å². The molecule has 6 nitrogen and oxygen atoms in total. The summed E-state index contributed by atoms with van der Waals surface area (Å²) < 4.78 is 5.28. The van der Waals surface area contributed by atoms with Gasteiger partial charge in [-0.3, -0.25) is 9.89 Å². The van der Waals surface area contributed by atoms with Crippen LogP contribution in [0.3, 0.4) is 0 Å². The number of aromatic nitrogens is 2. The molecule has 0 radical (unpaired) electrons. The number of nitrogens with zero attached hydrogens (tertiary/aromatic N) is 1. The van der Waals surface area contributed by atoms with Gasteiger partial charge in [-0.1, -0.05) is 0 Å². The van der Waals surface area contributed by atoms with Crippen LogP contribution in [-0.2, 0) is 12.8 Å². The first-order chi connectivity index (χ1) is 12.2. The standard InChI is InChI=1S/C18H23N3O3S/c1-24-13-4-6-14-11(9-13)3-5-15-16(14)20-21-17(15)18(23)19-12(10-22)7-8-25-2/h4,6,9,12,22H,3,5,7-8,10H2,1-2H3,(H,19,23)(H,20,21)/t12-/m0/s1. The average molecular weight is 361 g/mol. The Balaban J connectivity index is 1.82. The Hall–Kier alpha value is -1.99. The van der Waals surface area contributed by atoms with Gasteiger partial charge in [-0.15, -0.1) is 0 Å². The van der Waals surface area contributed by atoms with Crippen LogP contribution in [0.4, 0.5) is 0 Å². The van der Waals surface area contributed by atoms with Crippen LogP contribution in [0.5, 0.6) is 5.75 Å². The topological polar surface area (TPSA) is 87.2 Å². The summed E-state index contributed by atoms with van der Waals surface area (Å²) in [5, 5.41) is 19.6.